The van der Waals surface area contributed by atoms with Gasteiger partial charge >= 0.3 is 12.2 Å². The molecule has 0 aromatic rings. The predicted octanol–water partition coefficient (Wildman–Crippen LogP) is 0.624. The van der Waals surface area contributed by atoms with Crippen molar-refractivity contribution in [3.8, 4) is 0 Å². The number of likely N-dealkylation sites (tertiary alicyclic amines) is 1. The Morgan fingerprint density at radius 1 is 1.33 bits per heavy atom. The van der Waals surface area contributed by atoms with Crippen molar-refractivity contribution in [1.82, 2.24) is 10.2 Å². The maximum Gasteiger partial charge on any atom is 0.407 e. The van der Waals surface area contributed by atoms with Crippen LogP contribution in [0.4, 0.5) is 9.59 Å². The van der Waals surface area contributed by atoms with Crippen molar-refractivity contribution in [1.29, 1.82) is 0 Å². The summed E-state index contributed by atoms with van der Waals surface area (Å²) >= 11 is 0. The van der Waals surface area contributed by atoms with Gasteiger partial charge in [-0.05, 0) is 27.2 Å². The fraction of sp³-hybridized carbons (Fsp3) is 0.818. The Labute approximate surface area is 106 Å². The zero-order chi connectivity index (χ0) is 13.9. The number of piperidine rings is 1. The van der Waals surface area contributed by atoms with Crippen molar-refractivity contribution in [3.63, 3.8) is 0 Å². The highest BCUT2D eigenvalue weighted by Gasteiger charge is 2.30. The monoisotopic (exact) mass is 260 g/mol. The number of amides is 2. The highest BCUT2D eigenvalue weighted by atomic mass is 16.6. The number of β-amino-alcohol motifs (C(OH)–C–C–N with tert-alkyl or cyclic N) is 1. The standard InChI is InChI=1S/C11H20N2O5/c1-11(2,3)18-9(15)12-7-4-8(14)6-13(5-7)10(16)17/h7-8,14H,4-6H2,1-3H3,(H,12,15)(H,16,17)/t7-,8+/m0/s1. The minimum atomic E-state index is -1.11. The number of nitrogens with zero attached hydrogens (tertiary/aromatic N) is 1. The Balaban J connectivity index is 2.51. The molecule has 0 radical (unpaired) electrons. The molecular formula is C11H20N2O5. The lowest BCUT2D eigenvalue weighted by Gasteiger charge is -2.34. The number of hydrogen-bond acceptors (Lipinski definition) is 4. The third-order valence-corrected chi connectivity index (χ3v) is 2.42. The van der Waals surface area contributed by atoms with Crippen LogP contribution < -0.4 is 5.32 Å². The SMILES string of the molecule is CC(C)(C)OC(=O)N[C@H]1C[C@@H](O)CN(C(=O)O)C1. The molecule has 0 aromatic carbocycles. The van der Waals surface area contributed by atoms with Crippen LogP contribution in [0, 0.1) is 0 Å². The zero-order valence-corrected chi connectivity index (χ0v) is 10.8. The van der Waals surface area contributed by atoms with Crippen LogP contribution in [-0.2, 0) is 4.74 Å². The molecule has 0 bridgehead atoms. The number of rotatable bonds is 1. The molecule has 2 amide bonds. The number of carbonyl (C=O) groups is 2. The van der Waals surface area contributed by atoms with Crippen molar-refractivity contribution < 1.29 is 24.5 Å². The van der Waals surface area contributed by atoms with Crippen molar-refractivity contribution >= 4 is 12.2 Å². The van der Waals surface area contributed by atoms with E-state index in [0.717, 1.165) is 4.90 Å². The number of carboxylic acid groups (broad SMARTS) is 1. The highest BCUT2D eigenvalue weighted by molar-refractivity contribution is 5.69. The Bertz CT molecular complexity index is 326. The van der Waals surface area contributed by atoms with Crippen LogP contribution in [0.5, 0.6) is 0 Å². The van der Waals surface area contributed by atoms with Gasteiger partial charge in [-0.2, -0.15) is 0 Å². The van der Waals surface area contributed by atoms with Crippen LogP contribution in [0.2, 0.25) is 0 Å². The maximum atomic E-state index is 11.5. The average molecular weight is 260 g/mol. The van der Waals surface area contributed by atoms with E-state index in [-0.39, 0.29) is 13.1 Å². The zero-order valence-electron chi connectivity index (χ0n) is 10.8. The number of aliphatic hydroxyl groups is 1. The second-order valence-corrected chi connectivity index (χ2v) is 5.42. The van der Waals surface area contributed by atoms with Gasteiger partial charge in [0.2, 0.25) is 0 Å². The quantitative estimate of drug-likeness (QED) is 0.642. The third kappa shape index (κ3) is 4.79. The molecule has 1 fully saturated rings. The first-order valence-electron chi connectivity index (χ1n) is 5.83. The van der Waals surface area contributed by atoms with Gasteiger partial charge in [-0.15, -0.1) is 0 Å². The van der Waals surface area contributed by atoms with Gasteiger partial charge in [-0.1, -0.05) is 0 Å². The number of alkyl carbamates (subject to hydrolysis) is 1. The molecule has 3 N–H and O–H groups in total. The second-order valence-electron chi connectivity index (χ2n) is 5.42. The molecular weight excluding hydrogens is 240 g/mol. The lowest BCUT2D eigenvalue weighted by molar-refractivity contribution is 0.0316. The Hall–Kier alpha value is -1.50. The van der Waals surface area contributed by atoms with Gasteiger partial charge in [0.05, 0.1) is 18.7 Å². The summed E-state index contributed by atoms with van der Waals surface area (Å²) in [7, 11) is 0. The van der Waals surface area contributed by atoms with Gasteiger partial charge in [0.25, 0.3) is 0 Å². The van der Waals surface area contributed by atoms with Crippen molar-refractivity contribution in [2.24, 2.45) is 0 Å². The molecule has 0 spiro atoms. The van der Waals surface area contributed by atoms with Crippen LogP contribution in [0.25, 0.3) is 0 Å². The van der Waals surface area contributed by atoms with Crippen molar-refractivity contribution in [2.45, 2.75) is 44.9 Å². The van der Waals surface area contributed by atoms with Crippen LogP contribution >= 0.6 is 0 Å². The first-order chi connectivity index (χ1) is 8.17. The molecule has 1 aliphatic rings. The maximum absolute atomic E-state index is 11.5. The molecule has 18 heavy (non-hydrogen) atoms. The molecule has 1 heterocycles. The van der Waals surface area contributed by atoms with E-state index in [1.165, 1.54) is 0 Å². The van der Waals surface area contributed by atoms with Gasteiger partial charge in [-0.25, -0.2) is 9.59 Å². The van der Waals surface area contributed by atoms with Crippen molar-refractivity contribution in [2.75, 3.05) is 13.1 Å². The van der Waals surface area contributed by atoms with Crippen LogP contribution in [0.1, 0.15) is 27.2 Å². The topological polar surface area (TPSA) is 99.1 Å². The molecule has 7 heteroatoms. The normalized spacial score (nSPS) is 24.6. The molecule has 0 aromatic heterocycles. The van der Waals surface area contributed by atoms with Crippen LogP contribution in [0.15, 0.2) is 0 Å². The number of hydrogen-bond donors (Lipinski definition) is 3. The van der Waals surface area contributed by atoms with Gasteiger partial charge < -0.3 is 25.2 Å². The second kappa shape index (κ2) is 5.43. The summed E-state index contributed by atoms with van der Waals surface area (Å²) < 4.78 is 5.07. The van der Waals surface area contributed by atoms with Crippen LogP contribution in [0.3, 0.4) is 0 Å². The lowest BCUT2D eigenvalue weighted by Crippen LogP contribution is -2.54. The van der Waals surface area contributed by atoms with Crippen molar-refractivity contribution in [3.05, 3.63) is 0 Å². The molecule has 1 rings (SSSR count). The summed E-state index contributed by atoms with van der Waals surface area (Å²) in [6.45, 7) is 5.46. The summed E-state index contributed by atoms with van der Waals surface area (Å²) in [4.78, 5) is 23.4. The van der Waals surface area contributed by atoms with E-state index in [9.17, 15) is 14.7 Å². The van der Waals surface area contributed by atoms with Crippen LogP contribution in [-0.4, -0.2) is 58.1 Å². The molecule has 104 valence electrons. The molecule has 0 unspecified atom stereocenters. The summed E-state index contributed by atoms with van der Waals surface area (Å²) in [6.07, 6.45) is -2.16. The minimum Gasteiger partial charge on any atom is -0.465 e. The fourth-order valence-corrected chi connectivity index (χ4v) is 1.81. The van der Waals surface area contributed by atoms with Gasteiger partial charge in [0.15, 0.2) is 0 Å². The summed E-state index contributed by atoms with van der Waals surface area (Å²) in [6, 6.07) is -0.431. The largest absolute Gasteiger partial charge is 0.465 e. The fourth-order valence-electron chi connectivity index (χ4n) is 1.81. The Kier molecular flexibility index (Phi) is 4.39. The molecule has 0 saturated carbocycles. The highest BCUT2D eigenvalue weighted by Crippen LogP contribution is 2.12. The minimum absolute atomic E-state index is 0.0713. The molecule has 1 aliphatic heterocycles. The van der Waals surface area contributed by atoms with E-state index in [2.05, 4.69) is 5.32 Å². The number of carbonyl (C=O) groups excluding carboxylic acids is 1. The smallest absolute Gasteiger partial charge is 0.407 e. The summed E-state index contributed by atoms with van der Waals surface area (Å²) in [5.74, 6) is 0. The number of nitrogens with one attached hydrogen (secondary N) is 1. The van der Waals surface area contributed by atoms with E-state index in [1.807, 2.05) is 0 Å². The average Bonchev–Trinajstić information content (AvgIpc) is 2.12. The molecule has 7 nitrogen and oxygen atoms in total. The van der Waals surface area contributed by atoms with E-state index in [4.69, 9.17) is 9.84 Å². The lowest BCUT2D eigenvalue weighted by atomic mass is 10.0. The molecule has 0 aliphatic carbocycles. The Morgan fingerprint density at radius 3 is 2.44 bits per heavy atom. The number of aliphatic hydroxyl groups excluding tert-OH is 1. The van der Waals surface area contributed by atoms with Gasteiger partial charge in [0, 0.05) is 6.54 Å². The first-order valence-corrected chi connectivity index (χ1v) is 5.83. The predicted molar refractivity (Wildman–Crippen MR) is 63.4 cm³/mol. The van der Waals surface area contributed by atoms with E-state index < -0.39 is 29.9 Å². The molecule has 2 atom stereocenters. The molecule has 1 saturated heterocycles. The summed E-state index contributed by atoms with van der Waals surface area (Å²) in [5, 5.41) is 21.0. The van der Waals surface area contributed by atoms with E-state index >= 15 is 0 Å². The third-order valence-electron chi connectivity index (χ3n) is 2.42. The Morgan fingerprint density at radius 2 is 1.94 bits per heavy atom. The van der Waals surface area contributed by atoms with E-state index in [1.54, 1.807) is 20.8 Å². The first kappa shape index (κ1) is 14.6. The number of ether oxygens (including phenoxy) is 1. The van der Waals surface area contributed by atoms with E-state index in [0.29, 0.717) is 6.42 Å². The summed E-state index contributed by atoms with van der Waals surface area (Å²) in [5.41, 5.74) is -0.607. The van der Waals surface area contributed by atoms with Gasteiger partial charge in [-0.3, -0.25) is 0 Å². The van der Waals surface area contributed by atoms with Gasteiger partial charge in [0.1, 0.15) is 5.60 Å².